The third-order valence-corrected chi connectivity index (χ3v) is 5.22. The summed E-state index contributed by atoms with van der Waals surface area (Å²) < 4.78 is 39.5. The van der Waals surface area contributed by atoms with E-state index in [-0.39, 0.29) is 11.4 Å². The van der Waals surface area contributed by atoms with Crippen LogP contribution in [0.5, 0.6) is 0 Å². The van der Waals surface area contributed by atoms with Gasteiger partial charge in [0.25, 0.3) is 0 Å². The van der Waals surface area contributed by atoms with Crippen LogP contribution in [-0.2, 0) is 14.8 Å². The van der Waals surface area contributed by atoms with E-state index in [9.17, 15) is 22.7 Å². The Labute approximate surface area is 122 Å². The van der Waals surface area contributed by atoms with Gasteiger partial charge in [0, 0.05) is 12.7 Å². The van der Waals surface area contributed by atoms with Crippen molar-refractivity contribution in [3.05, 3.63) is 24.3 Å². The minimum absolute atomic E-state index is 0.193. The van der Waals surface area contributed by atoms with Gasteiger partial charge < -0.3 is 5.11 Å². The number of aliphatic carboxylic acids is 1. The number of rotatable bonds is 5. The van der Waals surface area contributed by atoms with Crippen molar-refractivity contribution in [2.24, 2.45) is 5.41 Å². The van der Waals surface area contributed by atoms with Crippen molar-refractivity contribution in [1.82, 2.24) is 9.71 Å². The highest BCUT2D eigenvalue weighted by Crippen LogP contribution is 2.36. The van der Waals surface area contributed by atoms with Gasteiger partial charge in [-0.15, -0.1) is 0 Å². The van der Waals surface area contributed by atoms with Crippen LogP contribution in [0.1, 0.15) is 32.1 Å². The topological polar surface area (TPSA) is 96.4 Å². The molecule has 0 radical (unpaired) electrons. The molecule has 0 spiro atoms. The van der Waals surface area contributed by atoms with E-state index in [2.05, 4.69) is 9.71 Å². The minimum Gasteiger partial charge on any atom is -0.481 e. The molecule has 0 bridgehead atoms. The molecule has 2 N–H and O–H groups in total. The summed E-state index contributed by atoms with van der Waals surface area (Å²) in [5.41, 5.74) is -1.08. The van der Waals surface area contributed by atoms with E-state index in [0.29, 0.717) is 12.8 Å². The average molecular weight is 316 g/mol. The molecule has 1 aliphatic rings. The third kappa shape index (κ3) is 3.56. The zero-order valence-electron chi connectivity index (χ0n) is 11.4. The lowest BCUT2D eigenvalue weighted by Crippen LogP contribution is -2.44. The third-order valence-electron chi connectivity index (χ3n) is 3.86. The summed E-state index contributed by atoms with van der Waals surface area (Å²) in [4.78, 5) is 14.7. The number of carboxylic acids is 1. The Balaban J connectivity index is 2.15. The molecule has 8 heteroatoms. The van der Waals surface area contributed by atoms with E-state index in [0.717, 1.165) is 37.7 Å². The first-order valence-corrected chi connectivity index (χ1v) is 8.18. The molecule has 0 aliphatic heterocycles. The van der Waals surface area contributed by atoms with E-state index >= 15 is 0 Å². The predicted octanol–water partition coefficient (Wildman–Crippen LogP) is 1.53. The van der Waals surface area contributed by atoms with Crippen molar-refractivity contribution in [3.8, 4) is 0 Å². The maximum Gasteiger partial charge on any atom is 0.310 e. The van der Waals surface area contributed by atoms with Crippen molar-refractivity contribution in [3.63, 3.8) is 0 Å². The highest BCUT2D eigenvalue weighted by atomic mass is 32.2. The van der Waals surface area contributed by atoms with Crippen LogP contribution in [0, 0.1) is 11.2 Å². The molecule has 1 heterocycles. The lowest BCUT2D eigenvalue weighted by atomic mass is 9.74. The second-order valence-corrected chi connectivity index (χ2v) is 7.08. The number of pyridine rings is 1. The average Bonchev–Trinajstić information content (AvgIpc) is 2.46. The fourth-order valence-corrected chi connectivity index (χ4v) is 3.65. The van der Waals surface area contributed by atoms with Gasteiger partial charge >= 0.3 is 5.97 Å². The molecule has 116 valence electrons. The standard InChI is InChI=1S/C13H17FN2O4S/c14-10-6-11(8-15-7-10)21(19,20)16-9-13(12(17)18)4-2-1-3-5-13/h6-8,16H,1-5,9H2,(H,17,18). The van der Waals surface area contributed by atoms with Gasteiger partial charge in [-0.2, -0.15) is 0 Å². The molecule has 1 fully saturated rings. The number of carboxylic acid groups (broad SMARTS) is 1. The van der Waals surface area contributed by atoms with Crippen molar-refractivity contribution in [1.29, 1.82) is 0 Å². The molecule has 6 nitrogen and oxygen atoms in total. The van der Waals surface area contributed by atoms with E-state index < -0.39 is 27.2 Å². The van der Waals surface area contributed by atoms with Crippen molar-refractivity contribution in [2.75, 3.05) is 6.54 Å². The van der Waals surface area contributed by atoms with Gasteiger partial charge in [0.2, 0.25) is 10.0 Å². The molecule has 1 aromatic rings. The first kappa shape index (κ1) is 15.8. The minimum atomic E-state index is -3.97. The van der Waals surface area contributed by atoms with Gasteiger partial charge in [-0.05, 0) is 18.9 Å². The molecule has 0 aromatic carbocycles. The molecule has 0 unspecified atom stereocenters. The summed E-state index contributed by atoms with van der Waals surface area (Å²) >= 11 is 0. The molecule has 1 aromatic heterocycles. The SMILES string of the molecule is O=C(O)C1(CNS(=O)(=O)c2cncc(F)c2)CCCCC1. The van der Waals surface area contributed by atoms with Crippen LogP contribution >= 0.6 is 0 Å². The Morgan fingerprint density at radius 1 is 1.33 bits per heavy atom. The lowest BCUT2D eigenvalue weighted by molar-refractivity contribution is -0.150. The van der Waals surface area contributed by atoms with E-state index in [1.165, 1.54) is 0 Å². The quantitative estimate of drug-likeness (QED) is 0.859. The van der Waals surface area contributed by atoms with Crippen LogP contribution < -0.4 is 4.72 Å². The molecular formula is C13H17FN2O4S. The number of carbonyl (C=O) groups is 1. The Kier molecular flexibility index (Phi) is 4.58. The summed E-state index contributed by atoms with van der Waals surface area (Å²) in [6, 6.07) is 0.851. The van der Waals surface area contributed by atoms with Gasteiger partial charge in [-0.3, -0.25) is 9.78 Å². The zero-order chi connectivity index (χ0) is 15.5. The molecular weight excluding hydrogens is 299 g/mol. The van der Waals surface area contributed by atoms with Crippen LogP contribution in [-0.4, -0.2) is 31.0 Å². The molecule has 1 aliphatic carbocycles. The van der Waals surface area contributed by atoms with E-state index in [4.69, 9.17) is 0 Å². The van der Waals surface area contributed by atoms with Crippen molar-refractivity contribution < 1.29 is 22.7 Å². The maximum absolute atomic E-state index is 13.0. The summed E-state index contributed by atoms with van der Waals surface area (Å²) in [6.07, 6.45) is 5.28. The Morgan fingerprint density at radius 3 is 2.57 bits per heavy atom. The maximum atomic E-state index is 13.0. The zero-order valence-corrected chi connectivity index (χ0v) is 12.2. The summed E-state index contributed by atoms with van der Waals surface area (Å²) in [5, 5.41) is 9.39. The monoisotopic (exact) mass is 316 g/mol. The lowest BCUT2D eigenvalue weighted by Gasteiger charge is -2.33. The van der Waals surface area contributed by atoms with Gasteiger partial charge in [0.1, 0.15) is 10.7 Å². The second kappa shape index (κ2) is 6.07. The smallest absolute Gasteiger partial charge is 0.310 e. The summed E-state index contributed by atoms with van der Waals surface area (Å²) in [5.74, 6) is -1.76. The molecule has 0 saturated heterocycles. The number of hydrogen-bond acceptors (Lipinski definition) is 4. The Bertz CT molecular complexity index is 627. The number of hydrogen-bond donors (Lipinski definition) is 2. The van der Waals surface area contributed by atoms with Gasteiger partial charge in [0.05, 0.1) is 11.6 Å². The fraction of sp³-hybridized carbons (Fsp3) is 0.538. The largest absolute Gasteiger partial charge is 0.481 e. The summed E-state index contributed by atoms with van der Waals surface area (Å²) in [7, 11) is -3.97. The van der Waals surface area contributed by atoms with Gasteiger partial charge in [0.15, 0.2) is 0 Å². The first-order chi connectivity index (χ1) is 9.86. The molecule has 0 amide bonds. The van der Waals surface area contributed by atoms with Crippen LogP contribution in [0.15, 0.2) is 23.4 Å². The van der Waals surface area contributed by atoms with Gasteiger partial charge in [-0.1, -0.05) is 19.3 Å². The highest BCUT2D eigenvalue weighted by molar-refractivity contribution is 7.89. The number of nitrogens with zero attached hydrogens (tertiary/aromatic N) is 1. The predicted molar refractivity (Wildman–Crippen MR) is 72.5 cm³/mol. The van der Waals surface area contributed by atoms with E-state index in [1.54, 1.807) is 0 Å². The van der Waals surface area contributed by atoms with E-state index in [1.807, 2.05) is 0 Å². The number of nitrogens with one attached hydrogen (secondary N) is 1. The van der Waals surface area contributed by atoms with Crippen LogP contribution in [0.25, 0.3) is 0 Å². The normalized spacial score (nSPS) is 18.3. The highest BCUT2D eigenvalue weighted by Gasteiger charge is 2.40. The van der Waals surface area contributed by atoms with Crippen LogP contribution in [0.3, 0.4) is 0 Å². The molecule has 2 rings (SSSR count). The van der Waals surface area contributed by atoms with Gasteiger partial charge in [-0.25, -0.2) is 17.5 Å². The first-order valence-electron chi connectivity index (χ1n) is 6.69. The fourth-order valence-electron chi connectivity index (χ4n) is 2.55. The second-order valence-electron chi connectivity index (χ2n) is 5.31. The summed E-state index contributed by atoms with van der Waals surface area (Å²) in [6.45, 7) is -0.193. The van der Waals surface area contributed by atoms with Crippen LogP contribution in [0.4, 0.5) is 4.39 Å². The van der Waals surface area contributed by atoms with Crippen molar-refractivity contribution in [2.45, 2.75) is 37.0 Å². The number of sulfonamides is 1. The Hall–Kier alpha value is -1.54. The van der Waals surface area contributed by atoms with Crippen molar-refractivity contribution >= 4 is 16.0 Å². The van der Waals surface area contributed by atoms with Crippen LogP contribution in [0.2, 0.25) is 0 Å². The molecule has 1 saturated carbocycles. The molecule has 0 atom stereocenters. The Morgan fingerprint density at radius 2 is 2.00 bits per heavy atom. The number of halogens is 1. The molecule has 21 heavy (non-hydrogen) atoms. The number of aromatic nitrogens is 1.